The number of Topliss-reactive ketones (excluding diaryl/α,β-unsaturated/α-hetero) is 1. The number of carboxylic acids is 1. The molecule has 1 saturated heterocycles. The fourth-order valence-electron chi connectivity index (χ4n) is 5.22. The summed E-state index contributed by atoms with van der Waals surface area (Å²) in [5.41, 5.74) is 4.62. The largest absolute Gasteiger partial charge is 0.481 e. The highest BCUT2D eigenvalue weighted by Gasteiger charge is 2.36. The van der Waals surface area contributed by atoms with Gasteiger partial charge in [0.25, 0.3) is 0 Å². The van der Waals surface area contributed by atoms with E-state index in [0.717, 1.165) is 33.1 Å². The fourth-order valence-corrected chi connectivity index (χ4v) is 6.38. The molecule has 44 heavy (non-hydrogen) atoms. The van der Waals surface area contributed by atoms with E-state index in [0.29, 0.717) is 38.9 Å². The minimum Gasteiger partial charge on any atom is -0.481 e. The highest BCUT2D eigenvalue weighted by molar-refractivity contribution is 8.01. The number of aliphatic carboxylic acids is 1. The molecule has 0 spiro atoms. The van der Waals surface area contributed by atoms with Crippen LogP contribution in [0.1, 0.15) is 47.5 Å². The normalized spacial score (nSPS) is 16.6. The fraction of sp³-hybridized carbons (Fsp3) is 0.303. The van der Waals surface area contributed by atoms with Gasteiger partial charge in [-0.3, -0.25) is 29.4 Å². The number of pyridine rings is 3. The maximum Gasteiger partial charge on any atom is 0.468 e. The number of carbonyl (C=O) groups excluding carboxylic acids is 1. The van der Waals surface area contributed by atoms with Gasteiger partial charge in [-0.05, 0) is 66.4 Å². The van der Waals surface area contributed by atoms with Gasteiger partial charge in [-0.2, -0.15) is 0 Å². The van der Waals surface area contributed by atoms with Gasteiger partial charge < -0.3 is 14.8 Å². The van der Waals surface area contributed by atoms with Crippen molar-refractivity contribution in [3.63, 3.8) is 0 Å². The minimum atomic E-state index is -1.03. The van der Waals surface area contributed by atoms with E-state index < -0.39 is 19.2 Å². The Morgan fingerprint density at radius 1 is 0.841 bits per heavy atom. The van der Waals surface area contributed by atoms with Crippen molar-refractivity contribution < 1.29 is 24.4 Å². The second-order valence-corrected chi connectivity index (χ2v) is 12.3. The molecular weight excluding hydrogens is 575 g/mol. The summed E-state index contributed by atoms with van der Waals surface area (Å²) in [5.74, 6) is -0.844. The Hall–Kier alpha value is -3.90. The Bertz CT molecular complexity index is 1470. The van der Waals surface area contributed by atoms with Crippen molar-refractivity contribution >= 4 is 30.6 Å². The van der Waals surface area contributed by atoms with Crippen LogP contribution in [0.25, 0.3) is 0 Å². The lowest BCUT2D eigenvalue weighted by molar-refractivity contribution is -0.139. The van der Waals surface area contributed by atoms with Crippen molar-refractivity contribution in [2.24, 2.45) is 0 Å². The van der Waals surface area contributed by atoms with Gasteiger partial charge in [0.15, 0.2) is 0 Å². The zero-order valence-electron chi connectivity index (χ0n) is 24.4. The van der Waals surface area contributed by atoms with Crippen LogP contribution in [-0.4, -0.2) is 60.1 Å². The van der Waals surface area contributed by atoms with Crippen LogP contribution >= 0.6 is 11.8 Å². The Kier molecular flexibility index (Phi) is 11.3. The van der Waals surface area contributed by atoms with Crippen molar-refractivity contribution in [2.75, 3.05) is 0 Å². The Morgan fingerprint density at radius 2 is 1.52 bits per heavy atom. The molecule has 0 saturated carbocycles. The molecule has 4 aromatic rings. The molecule has 3 aromatic heterocycles. The van der Waals surface area contributed by atoms with Gasteiger partial charge in [0.05, 0.1) is 29.6 Å². The number of rotatable bonds is 14. The molecule has 4 heterocycles. The monoisotopic (exact) mass is 610 g/mol. The van der Waals surface area contributed by atoms with Crippen LogP contribution in [0.5, 0.6) is 0 Å². The molecule has 9 nitrogen and oxygen atoms in total. The van der Waals surface area contributed by atoms with Gasteiger partial charge >= 0.3 is 13.1 Å². The van der Waals surface area contributed by atoms with Gasteiger partial charge in [-0.1, -0.05) is 30.3 Å². The lowest BCUT2D eigenvalue weighted by Gasteiger charge is -2.30. The van der Waals surface area contributed by atoms with Crippen LogP contribution < -0.4 is 0 Å². The Morgan fingerprint density at radius 3 is 2.11 bits per heavy atom. The van der Waals surface area contributed by atoms with E-state index in [1.54, 1.807) is 18.6 Å². The van der Waals surface area contributed by atoms with Gasteiger partial charge in [0.2, 0.25) is 0 Å². The van der Waals surface area contributed by atoms with Crippen molar-refractivity contribution in [3.8, 4) is 0 Å². The molecule has 1 fully saturated rings. The van der Waals surface area contributed by atoms with Crippen molar-refractivity contribution in [1.82, 2.24) is 19.9 Å². The molecule has 1 aromatic carbocycles. The van der Waals surface area contributed by atoms with Gasteiger partial charge in [0, 0.05) is 61.1 Å². The SMILES string of the molecule is O=C(O)C[C@@H]1CC[C@H](Sc2cccc(CC(=O)Cc3ccc(CN(Cc4ccccn4)Cc4ccccn4)nc3)c2)B(O)O1. The third-order valence-corrected chi connectivity index (χ3v) is 8.61. The third-order valence-electron chi connectivity index (χ3n) is 7.31. The smallest absolute Gasteiger partial charge is 0.468 e. The van der Waals surface area contributed by atoms with Gasteiger partial charge in [-0.15, -0.1) is 11.8 Å². The summed E-state index contributed by atoms with van der Waals surface area (Å²) in [6.45, 7) is 1.94. The second-order valence-electron chi connectivity index (χ2n) is 11.0. The first kappa shape index (κ1) is 31.5. The highest BCUT2D eigenvalue weighted by atomic mass is 32.2. The summed E-state index contributed by atoms with van der Waals surface area (Å²) in [7, 11) is -1.03. The summed E-state index contributed by atoms with van der Waals surface area (Å²) in [6, 6.07) is 23.5. The van der Waals surface area contributed by atoms with Crippen LogP contribution in [0.4, 0.5) is 0 Å². The van der Waals surface area contributed by atoms with Gasteiger partial charge in [0.1, 0.15) is 5.78 Å². The first-order valence-corrected chi connectivity index (χ1v) is 15.6. The molecule has 11 heteroatoms. The number of aromatic nitrogens is 3. The standard InChI is InChI=1S/C33H35BN4O5S/c39-29(16-24-6-5-9-31(18-24)44-32-13-12-30(19-33(40)41)43-34(32)42)17-25-10-11-28(37-20-25)23-38(21-26-7-1-3-14-35-26)22-27-8-2-4-15-36-27/h1-11,14-15,18,20,30,32,42H,12-13,16-17,19,21-23H2,(H,40,41)/t30-,32-/m0/s1. The topological polar surface area (TPSA) is 126 Å². The van der Waals surface area contributed by atoms with Crippen LogP contribution in [0.15, 0.2) is 96.3 Å². The zero-order chi connectivity index (χ0) is 30.7. The van der Waals surface area contributed by atoms with Crippen LogP contribution in [-0.2, 0) is 46.7 Å². The van der Waals surface area contributed by atoms with Crippen molar-refractivity contribution in [2.45, 2.75) is 67.9 Å². The summed E-state index contributed by atoms with van der Waals surface area (Å²) < 4.78 is 5.51. The molecule has 1 aliphatic rings. The molecular formula is C33H35BN4O5S. The maximum absolute atomic E-state index is 13.0. The molecule has 1 aliphatic heterocycles. The Balaban J connectivity index is 1.14. The first-order chi connectivity index (χ1) is 21.4. The maximum atomic E-state index is 13.0. The van der Waals surface area contributed by atoms with E-state index in [1.807, 2.05) is 72.8 Å². The van der Waals surface area contributed by atoms with Crippen molar-refractivity contribution in [1.29, 1.82) is 0 Å². The van der Waals surface area contributed by atoms with E-state index in [1.165, 1.54) is 11.8 Å². The highest BCUT2D eigenvalue weighted by Crippen LogP contribution is 2.33. The summed E-state index contributed by atoms with van der Waals surface area (Å²) >= 11 is 1.49. The molecule has 226 valence electrons. The molecule has 5 rings (SSSR count). The van der Waals surface area contributed by atoms with E-state index in [-0.39, 0.29) is 23.8 Å². The van der Waals surface area contributed by atoms with Crippen LogP contribution in [0.2, 0.25) is 0 Å². The quantitative estimate of drug-likeness (QED) is 0.196. The van der Waals surface area contributed by atoms with Crippen LogP contribution in [0, 0.1) is 0 Å². The Labute approximate surface area is 261 Å². The molecule has 0 bridgehead atoms. The minimum absolute atomic E-state index is 0.0891. The molecule has 0 aliphatic carbocycles. The van der Waals surface area contributed by atoms with E-state index in [4.69, 9.17) is 9.76 Å². The number of carbonyl (C=O) groups is 2. The third kappa shape index (κ3) is 9.82. The second kappa shape index (κ2) is 15.7. The van der Waals surface area contributed by atoms with Crippen LogP contribution in [0.3, 0.4) is 0 Å². The average Bonchev–Trinajstić information content (AvgIpc) is 3.00. The average molecular weight is 611 g/mol. The number of hydrogen-bond donors (Lipinski definition) is 2. The number of thioether (sulfide) groups is 1. The summed E-state index contributed by atoms with van der Waals surface area (Å²) in [6.07, 6.45) is 6.61. The van der Waals surface area contributed by atoms with Gasteiger partial charge in [-0.25, -0.2) is 0 Å². The number of hydrogen-bond acceptors (Lipinski definition) is 9. The molecule has 2 N–H and O–H groups in total. The zero-order valence-corrected chi connectivity index (χ0v) is 25.2. The summed E-state index contributed by atoms with van der Waals surface area (Å²) in [5, 5.41) is 19.2. The predicted octanol–water partition coefficient (Wildman–Crippen LogP) is 4.56. The number of carboxylic acid groups (broad SMARTS) is 1. The number of ketones is 1. The molecule has 0 amide bonds. The lowest BCUT2D eigenvalue weighted by atomic mass is 9.77. The first-order valence-electron chi connectivity index (χ1n) is 14.7. The lowest BCUT2D eigenvalue weighted by Crippen LogP contribution is -2.42. The molecule has 0 unspecified atom stereocenters. The summed E-state index contributed by atoms with van der Waals surface area (Å²) in [4.78, 5) is 40.7. The van der Waals surface area contributed by atoms with E-state index in [2.05, 4.69) is 19.9 Å². The number of benzene rings is 1. The molecule has 2 atom stereocenters. The predicted molar refractivity (Wildman–Crippen MR) is 168 cm³/mol. The van der Waals surface area contributed by atoms with E-state index in [9.17, 15) is 14.6 Å². The molecule has 0 radical (unpaired) electrons. The van der Waals surface area contributed by atoms with E-state index >= 15 is 0 Å². The van der Waals surface area contributed by atoms with Crippen molar-refractivity contribution in [3.05, 3.63) is 120 Å². The number of nitrogens with zero attached hydrogens (tertiary/aromatic N) is 4.